The first kappa shape index (κ1) is 32.5. The van der Waals surface area contributed by atoms with Gasteiger partial charge < -0.3 is 24.2 Å². The quantitative estimate of drug-likeness (QED) is 0.137. The Kier molecular flexibility index (Phi) is 9.03. The first-order valence-electron chi connectivity index (χ1n) is 16.4. The highest BCUT2D eigenvalue weighted by Gasteiger charge is 2.46. The van der Waals surface area contributed by atoms with Gasteiger partial charge in [-0.3, -0.25) is 4.79 Å². The summed E-state index contributed by atoms with van der Waals surface area (Å²) in [5.74, 6) is 0.871. The number of fused-ring (bicyclic) bond motifs is 9. The molecule has 2 unspecified atom stereocenters. The maximum atomic E-state index is 11.5. The highest BCUT2D eigenvalue weighted by Crippen LogP contribution is 2.50. The number of aromatic nitrogens is 2. The van der Waals surface area contributed by atoms with E-state index in [4.69, 9.17) is 33.0 Å². The van der Waals surface area contributed by atoms with Crippen molar-refractivity contribution >= 4 is 67.3 Å². The molecule has 47 heavy (non-hydrogen) atoms. The number of unbranched alkanes of at least 4 members (excludes halogenated alkanes) is 4. The zero-order valence-electron chi connectivity index (χ0n) is 26.0. The van der Waals surface area contributed by atoms with Crippen LogP contribution in [-0.4, -0.2) is 59.7 Å². The lowest BCUT2D eigenvalue weighted by Crippen LogP contribution is -2.49. The van der Waals surface area contributed by atoms with Crippen LogP contribution in [0, 0.1) is 0 Å². The fourth-order valence-corrected chi connectivity index (χ4v) is 8.49. The second-order valence-corrected chi connectivity index (χ2v) is 15.1. The molecule has 5 heterocycles. The molecule has 0 spiro atoms. The average molecular weight is 702 g/mol. The number of aliphatic carboxylic acids is 1. The number of hydrogen-bond donors (Lipinski definition) is 1. The number of rotatable bonds is 12. The number of aryl methyl sites for hydroxylation is 2. The second kappa shape index (κ2) is 13.1. The number of halogens is 2. The number of nitrogens with zero attached hydrogens (tertiary/aromatic N) is 4. The molecule has 10 nitrogen and oxygen atoms in total. The minimum atomic E-state index is -4.36. The fraction of sp³-hybridized carbons (Fsp3) is 0.471. The topological polar surface area (TPSA) is 119 Å². The third-order valence-corrected chi connectivity index (χ3v) is 11.2. The fourth-order valence-electron chi connectivity index (χ4n) is 7.69. The zero-order valence-corrected chi connectivity index (χ0v) is 28.4. The van der Waals surface area contributed by atoms with E-state index < -0.39 is 21.8 Å². The molecule has 0 amide bonds. The Morgan fingerprint density at radius 2 is 1.72 bits per heavy atom. The second-order valence-electron chi connectivity index (χ2n) is 12.8. The molecule has 0 saturated heterocycles. The minimum absolute atomic E-state index is 0.0540. The molecular formula is C34H38Cl2N4O6S. The number of ether oxygens (including phenoxy) is 1. The van der Waals surface area contributed by atoms with Crippen molar-refractivity contribution in [1.82, 2.24) is 4.57 Å². The first-order chi connectivity index (χ1) is 22.6. The number of para-hydroxylation sites is 2. The van der Waals surface area contributed by atoms with Crippen LogP contribution in [0.5, 0.6) is 0 Å². The van der Waals surface area contributed by atoms with E-state index in [9.17, 15) is 17.8 Å². The molecule has 2 aromatic carbocycles. The van der Waals surface area contributed by atoms with Crippen molar-refractivity contribution in [2.24, 2.45) is 0 Å². The number of benzene rings is 2. The Bertz CT molecular complexity index is 1910. The molecule has 0 aliphatic carbocycles. The van der Waals surface area contributed by atoms with Gasteiger partial charge in [-0.2, -0.15) is 0 Å². The van der Waals surface area contributed by atoms with Gasteiger partial charge in [0.15, 0.2) is 11.0 Å². The Labute approximate surface area is 284 Å². The highest BCUT2D eigenvalue weighted by atomic mass is 35.5. The molecule has 4 aliphatic rings. The minimum Gasteiger partial charge on any atom is -0.748 e. The predicted octanol–water partition coefficient (Wildman–Crippen LogP) is 6.09. The SMILES string of the molecule is O=C(O)CCCCCCCn1c2[n+](c3ccccc31)CCC1OC3CCN4C(=C3C=C21)N(CCCS(=O)(=O)[O-])c1cc(Cl)c(Cl)cc14. The van der Waals surface area contributed by atoms with Gasteiger partial charge in [-0.1, -0.05) is 48.2 Å². The van der Waals surface area contributed by atoms with E-state index in [1.54, 1.807) is 0 Å². The van der Waals surface area contributed by atoms with Gasteiger partial charge in [0.1, 0.15) is 5.82 Å². The largest absolute Gasteiger partial charge is 0.748 e. The maximum absolute atomic E-state index is 11.5. The van der Waals surface area contributed by atoms with Crippen LogP contribution in [0.15, 0.2) is 53.9 Å². The summed E-state index contributed by atoms with van der Waals surface area (Å²) in [6.07, 6.45) is 8.78. The molecule has 0 bridgehead atoms. The Hall–Kier alpha value is -3.09. The molecule has 1 N–H and O–H groups in total. The molecule has 1 aromatic heterocycles. The molecule has 250 valence electrons. The van der Waals surface area contributed by atoms with Gasteiger partial charge >= 0.3 is 5.97 Å². The lowest BCUT2D eigenvalue weighted by atomic mass is 9.90. The summed E-state index contributed by atoms with van der Waals surface area (Å²) < 4.78 is 46.3. The van der Waals surface area contributed by atoms with Crippen molar-refractivity contribution in [3.63, 3.8) is 0 Å². The Balaban J connectivity index is 1.28. The monoisotopic (exact) mass is 700 g/mol. The maximum Gasteiger partial charge on any atom is 0.303 e. The van der Waals surface area contributed by atoms with E-state index in [-0.39, 0.29) is 25.0 Å². The van der Waals surface area contributed by atoms with Crippen LogP contribution in [0.3, 0.4) is 0 Å². The third kappa shape index (κ3) is 6.28. The van der Waals surface area contributed by atoms with Crippen molar-refractivity contribution < 1.29 is 32.2 Å². The van der Waals surface area contributed by atoms with Crippen molar-refractivity contribution in [1.29, 1.82) is 0 Å². The number of hydrogen-bond acceptors (Lipinski definition) is 7. The van der Waals surface area contributed by atoms with E-state index in [2.05, 4.69) is 49.3 Å². The molecule has 4 aliphatic heterocycles. The van der Waals surface area contributed by atoms with Gasteiger partial charge in [0, 0.05) is 37.3 Å². The molecule has 0 saturated carbocycles. The molecule has 3 aromatic rings. The smallest absolute Gasteiger partial charge is 0.303 e. The van der Waals surface area contributed by atoms with Crippen LogP contribution in [0.25, 0.3) is 16.6 Å². The number of carbonyl (C=O) groups is 1. The number of anilines is 2. The van der Waals surface area contributed by atoms with Crippen molar-refractivity contribution in [2.45, 2.75) is 83.1 Å². The van der Waals surface area contributed by atoms with Gasteiger partial charge in [-0.05, 0) is 62.4 Å². The van der Waals surface area contributed by atoms with Crippen LogP contribution in [0.4, 0.5) is 11.4 Å². The van der Waals surface area contributed by atoms with E-state index in [1.165, 1.54) is 11.0 Å². The predicted molar refractivity (Wildman–Crippen MR) is 181 cm³/mol. The van der Waals surface area contributed by atoms with Crippen LogP contribution < -0.4 is 14.4 Å². The van der Waals surface area contributed by atoms with Gasteiger partial charge in [-0.25, -0.2) is 17.6 Å². The summed E-state index contributed by atoms with van der Waals surface area (Å²) in [7, 11) is -4.36. The van der Waals surface area contributed by atoms with Crippen molar-refractivity contribution in [3.05, 3.63) is 69.7 Å². The van der Waals surface area contributed by atoms with E-state index >= 15 is 0 Å². The van der Waals surface area contributed by atoms with E-state index in [0.29, 0.717) is 29.6 Å². The molecule has 0 fully saturated rings. The van der Waals surface area contributed by atoms with Crippen molar-refractivity contribution in [3.8, 4) is 0 Å². The lowest BCUT2D eigenvalue weighted by Gasteiger charge is -2.40. The van der Waals surface area contributed by atoms with Crippen LogP contribution >= 0.6 is 23.2 Å². The standard InChI is InChI=1S/C34H38Cl2N4O6S/c35-24-20-28-29(21-25(24)36)40-17-13-31-23(34(40)38(28)15-8-18-47(43,44)45)19-22-30(46-31)12-16-39-27-10-6-5-9-26(27)37(33(22)39)14-7-3-1-2-4-11-32(41)42/h5-6,9-10,19-21,30-31H,1-4,7-8,11-18H2,(H-,41,42,43,44,45). The number of carboxylic acid groups (broad SMARTS) is 1. The summed E-state index contributed by atoms with van der Waals surface area (Å²) in [6.45, 7) is 2.72. The first-order valence-corrected chi connectivity index (χ1v) is 18.8. The van der Waals surface area contributed by atoms with Crippen LogP contribution in [-0.2, 0) is 32.7 Å². The summed E-state index contributed by atoms with van der Waals surface area (Å²) in [5, 5.41) is 9.80. The summed E-state index contributed by atoms with van der Waals surface area (Å²) >= 11 is 13.0. The van der Waals surface area contributed by atoms with Crippen molar-refractivity contribution in [2.75, 3.05) is 28.6 Å². The summed E-state index contributed by atoms with van der Waals surface area (Å²) in [6, 6.07) is 12.2. The normalized spacial score (nSPS) is 20.1. The molecule has 2 atom stereocenters. The third-order valence-electron chi connectivity index (χ3n) is 9.71. The Morgan fingerprint density at radius 3 is 2.51 bits per heavy atom. The number of carboxylic acids is 1. The summed E-state index contributed by atoms with van der Waals surface area (Å²) in [4.78, 5) is 15.2. The number of imidazole rings is 1. The van der Waals surface area contributed by atoms with Gasteiger partial charge in [-0.15, -0.1) is 0 Å². The molecular weight excluding hydrogens is 663 g/mol. The summed E-state index contributed by atoms with van der Waals surface area (Å²) in [5.41, 5.74) is 6.26. The van der Waals surface area contributed by atoms with E-state index in [1.807, 2.05) is 12.1 Å². The van der Waals surface area contributed by atoms with Gasteiger partial charge in [0.2, 0.25) is 0 Å². The van der Waals surface area contributed by atoms with Gasteiger partial charge in [0.05, 0.1) is 62.4 Å². The van der Waals surface area contributed by atoms with Crippen LogP contribution in [0.2, 0.25) is 10.0 Å². The van der Waals surface area contributed by atoms with E-state index in [0.717, 1.165) is 85.8 Å². The Morgan fingerprint density at radius 1 is 0.979 bits per heavy atom. The zero-order chi connectivity index (χ0) is 32.9. The van der Waals surface area contributed by atoms with Crippen LogP contribution in [0.1, 0.15) is 63.6 Å². The average Bonchev–Trinajstić information content (AvgIpc) is 3.51. The molecule has 13 heteroatoms. The lowest BCUT2D eigenvalue weighted by molar-refractivity contribution is -0.679. The molecule has 0 radical (unpaired) electrons. The van der Waals surface area contributed by atoms with Gasteiger partial charge in [0.25, 0.3) is 5.82 Å². The highest BCUT2D eigenvalue weighted by molar-refractivity contribution is 7.85. The molecule has 7 rings (SSSR count).